The minimum Gasteiger partial charge on any atom is -0.497 e. The molecule has 3 aromatic rings. The van der Waals surface area contributed by atoms with Gasteiger partial charge in [0.2, 0.25) is 0 Å². The van der Waals surface area contributed by atoms with E-state index in [0.29, 0.717) is 6.54 Å². The van der Waals surface area contributed by atoms with Crippen LogP contribution in [0.4, 0.5) is 0 Å². The Morgan fingerprint density at radius 1 is 1.12 bits per heavy atom. The monoisotopic (exact) mass is 569 g/mol. The van der Waals surface area contributed by atoms with Gasteiger partial charge in [0.15, 0.2) is 11.8 Å². The maximum Gasteiger partial charge on any atom is 0.191 e. The van der Waals surface area contributed by atoms with Gasteiger partial charge in [-0.1, -0.05) is 19.1 Å². The maximum absolute atomic E-state index is 5.22. The van der Waals surface area contributed by atoms with Crippen molar-refractivity contribution < 1.29 is 4.74 Å². The van der Waals surface area contributed by atoms with Crippen molar-refractivity contribution in [2.45, 2.75) is 39.7 Å². The molecule has 10 heteroatoms. The van der Waals surface area contributed by atoms with Crippen molar-refractivity contribution in [2.24, 2.45) is 12.0 Å². The Kier molecular flexibility index (Phi) is 10.9. The lowest BCUT2D eigenvalue weighted by molar-refractivity contribution is 0.414. The Morgan fingerprint density at radius 2 is 1.84 bits per heavy atom. The predicted molar refractivity (Wildman–Crippen MR) is 140 cm³/mol. The summed E-state index contributed by atoms with van der Waals surface area (Å²) in [6.45, 7) is 6.09. The van der Waals surface area contributed by atoms with Gasteiger partial charge < -0.3 is 19.9 Å². The van der Waals surface area contributed by atoms with E-state index < -0.39 is 0 Å². The highest BCUT2D eigenvalue weighted by molar-refractivity contribution is 14.0. The number of nitrogens with zero attached hydrogens (tertiary/aromatic N) is 5. The summed E-state index contributed by atoms with van der Waals surface area (Å²) in [7, 11) is 3.64. The standard InChI is InChI=1S/C22H31N7OS.HI/c1-5-19-14-25-21(31-19)11-13-24-22(26-15-20-28-27-16(2)29(20)3)23-12-10-17-6-8-18(30-4)9-7-17;/h6-9,14H,5,10-13,15H2,1-4H3,(H2,23,24,26);1H. The van der Waals surface area contributed by atoms with Crippen LogP contribution in [-0.2, 0) is 32.9 Å². The summed E-state index contributed by atoms with van der Waals surface area (Å²) in [6, 6.07) is 8.14. The van der Waals surface area contributed by atoms with E-state index in [1.54, 1.807) is 18.4 Å². The summed E-state index contributed by atoms with van der Waals surface area (Å²) in [5, 5.41) is 16.3. The minimum absolute atomic E-state index is 0. The summed E-state index contributed by atoms with van der Waals surface area (Å²) < 4.78 is 7.18. The molecule has 8 nitrogen and oxygen atoms in total. The fourth-order valence-electron chi connectivity index (χ4n) is 2.95. The van der Waals surface area contributed by atoms with Crippen molar-refractivity contribution in [3.8, 4) is 5.75 Å². The minimum atomic E-state index is 0. The summed E-state index contributed by atoms with van der Waals surface area (Å²) in [4.78, 5) is 10.5. The van der Waals surface area contributed by atoms with Crippen molar-refractivity contribution in [3.63, 3.8) is 0 Å². The molecule has 3 rings (SSSR count). The first-order valence-corrected chi connectivity index (χ1v) is 11.3. The molecule has 0 saturated carbocycles. The average Bonchev–Trinajstić information content (AvgIpc) is 3.38. The lowest BCUT2D eigenvalue weighted by Crippen LogP contribution is -2.39. The number of thiazole rings is 1. The third-order valence-electron chi connectivity index (χ3n) is 5.01. The summed E-state index contributed by atoms with van der Waals surface area (Å²) in [5.74, 6) is 3.35. The largest absolute Gasteiger partial charge is 0.497 e. The van der Waals surface area contributed by atoms with Gasteiger partial charge in [-0.05, 0) is 37.5 Å². The second kappa shape index (κ2) is 13.4. The predicted octanol–water partition coefficient (Wildman–Crippen LogP) is 3.29. The lowest BCUT2D eigenvalue weighted by atomic mass is 10.1. The highest BCUT2D eigenvalue weighted by Gasteiger charge is 2.06. The molecule has 0 saturated heterocycles. The molecule has 0 unspecified atom stereocenters. The quantitative estimate of drug-likeness (QED) is 0.221. The Hall–Kier alpha value is -2.21. The van der Waals surface area contributed by atoms with Gasteiger partial charge in [0, 0.05) is 37.6 Å². The van der Waals surface area contributed by atoms with E-state index >= 15 is 0 Å². The zero-order valence-corrected chi connectivity index (χ0v) is 22.2. The van der Waals surface area contributed by atoms with Crippen LogP contribution in [0.1, 0.15) is 34.0 Å². The molecule has 174 valence electrons. The van der Waals surface area contributed by atoms with Crippen molar-refractivity contribution >= 4 is 41.3 Å². The number of aliphatic imine (C=N–C) groups is 1. The van der Waals surface area contributed by atoms with Crippen LogP contribution in [0.25, 0.3) is 0 Å². The SMILES string of the molecule is CCc1cnc(CCNC(=NCc2nnc(C)n2C)NCCc2ccc(OC)cc2)s1.I. The average molecular weight is 570 g/mol. The number of rotatable bonds is 10. The van der Waals surface area contributed by atoms with Crippen molar-refractivity contribution in [1.29, 1.82) is 0 Å². The van der Waals surface area contributed by atoms with Gasteiger partial charge in [-0.2, -0.15) is 0 Å². The fraction of sp³-hybridized carbons (Fsp3) is 0.455. The van der Waals surface area contributed by atoms with Crippen LogP contribution in [0.2, 0.25) is 0 Å². The summed E-state index contributed by atoms with van der Waals surface area (Å²) in [5.41, 5.74) is 1.24. The van der Waals surface area contributed by atoms with Crippen LogP contribution < -0.4 is 15.4 Å². The number of hydrogen-bond donors (Lipinski definition) is 2. The summed E-state index contributed by atoms with van der Waals surface area (Å²) >= 11 is 1.77. The number of aryl methyl sites for hydroxylation is 2. The maximum atomic E-state index is 5.22. The van der Waals surface area contributed by atoms with E-state index in [1.807, 2.05) is 36.9 Å². The highest BCUT2D eigenvalue weighted by Crippen LogP contribution is 2.13. The molecule has 2 aromatic heterocycles. The number of guanidine groups is 1. The summed E-state index contributed by atoms with van der Waals surface area (Å²) in [6.07, 6.45) is 4.76. The van der Waals surface area contributed by atoms with Crippen LogP contribution in [0, 0.1) is 6.92 Å². The van der Waals surface area contributed by atoms with Crippen molar-refractivity contribution in [3.05, 3.63) is 57.6 Å². The molecule has 0 aliphatic heterocycles. The van der Waals surface area contributed by atoms with Crippen molar-refractivity contribution in [1.82, 2.24) is 30.4 Å². The van der Waals surface area contributed by atoms with Gasteiger partial charge in [0.05, 0.1) is 12.1 Å². The van der Waals surface area contributed by atoms with Gasteiger partial charge in [0.25, 0.3) is 0 Å². The van der Waals surface area contributed by atoms with E-state index in [-0.39, 0.29) is 24.0 Å². The second-order valence-electron chi connectivity index (χ2n) is 7.16. The molecule has 1 aromatic carbocycles. The normalized spacial score (nSPS) is 11.2. The van der Waals surface area contributed by atoms with Crippen molar-refractivity contribution in [2.75, 3.05) is 20.2 Å². The number of nitrogens with one attached hydrogen (secondary N) is 2. The number of hydrogen-bond acceptors (Lipinski definition) is 6. The molecule has 0 atom stereocenters. The van der Waals surface area contributed by atoms with Gasteiger partial charge in [-0.15, -0.1) is 45.5 Å². The molecular formula is C22H32IN7OS. The first-order valence-electron chi connectivity index (χ1n) is 10.5. The molecule has 2 heterocycles. The molecule has 0 amide bonds. The number of halogens is 1. The number of methoxy groups -OCH3 is 1. The van der Waals surface area contributed by atoms with Crippen LogP contribution in [0.5, 0.6) is 5.75 Å². The van der Waals surface area contributed by atoms with E-state index in [9.17, 15) is 0 Å². The van der Waals surface area contributed by atoms with Gasteiger partial charge in [-0.3, -0.25) is 0 Å². The molecule has 0 spiro atoms. The Balaban J connectivity index is 0.00000363. The molecular weight excluding hydrogens is 537 g/mol. The first-order chi connectivity index (χ1) is 15.1. The number of ether oxygens (including phenoxy) is 1. The zero-order chi connectivity index (χ0) is 22.1. The van der Waals surface area contributed by atoms with E-state index in [0.717, 1.165) is 60.7 Å². The molecule has 0 aliphatic carbocycles. The topological polar surface area (TPSA) is 89.3 Å². The first kappa shape index (κ1) is 26.0. The third-order valence-corrected chi connectivity index (χ3v) is 6.21. The Labute approximate surface area is 210 Å². The lowest BCUT2D eigenvalue weighted by Gasteiger charge is -2.12. The van der Waals surface area contributed by atoms with Crippen LogP contribution in [0.3, 0.4) is 0 Å². The molecule has 0 radical (unpaired) electrons. The fourth-order valence-corrected chi connectivity index (χ4v) is 3.81. The molecule has 0 bridgehead atoms. The van der Waals surface area contributed by atoms with E-state index in [2.05, 4.69) is 44.9 Å². The Bertz CT molecular complexity index is 985. The molecule has 0 aliphatic rings. The second-order valence-corrected chi connectivity index (χ2v) is 8.36. The highest BCUT2D eigenvalue weighted by atomic mass is 127. The molecule has 0 fully saturated rings. The smallest absolute Gasteiger partial charge is 0.191 e. The van der Waals surface area contributed by atoms with Gasteiger partial charge in [0.1, 0.15) is 18.1 Å². The van der Waals surface area contributed by atoms with Gasteiger partial charge in [-0.25, -0.2) is 9.98 Å². The van der Waals surface area contributed by atoms with E-state index in [4.69, 9.17) is 9.73 Å². The van der Waals surface area contributed by atoms with Crippen LogP contribution in [-0.4, -0.2) is 45.9 Å². The van der Waals surface area contributed by atoms with Crippen LogP contribution >= 0.6 is 35.3 Å². The zero-order valence-electron chi connectivity index (χ0n) is 19.1. The van der Waals surface area contributed by atoms with Crippen LogP contribution in [0.15, 0.2) is 35.5 Å². The molecule has 2 N–H and O–H groups in total. The third kappa shape index (κ3) is 7.73. The van der Waals surface area contributed by atoms with E-state index in [1.165, 1.54) is 10.4 Å². The number of benzene rings is 1. The Morgan fingerprint density at radius 3 is 2.44 bits per heavy atom. The molecule has 32 heavy (non-hydrogen) atoms. The van der Waals surface area contributed by atoms with Gasteiger partial charge >= 0.3 is 0 Å². The number of aromatic nitrogens is 4.